The van der Waals surface area contributed by atoms with E-state index in [1.54, 1.807) is 6.20 Å². The predicted octanol–water partition coefficient (Wildman–Crippen LogP) is 1.95. The Kier molecular flexibility index (Phi) is 3.46. The monoisotopic (exact) mass is 258 g/mol. The number of rotatable bonds is 3. The fourth-order valence-electron chi connectivity index (χ4n) is 2.38. The van der Waals surface area contributed by atoms with Crippen molar-refractivity contribution >= 4 is 5.82 Å². The fourth-order valence-corrected chi connectivity index (χ4v) is 2.38. The standard InChI is InChI=1S/C14H18N4O/c15-14-2-1-12(7-16-14)13-8-17-18(10-13)9-11-3-5-19-6-4-11/h1-2,7-8,10-11H,3-6,9H2,(H2,15,16). The Morgan fingerprint density at radius 3 is 2.79 bits per heavy atom. The zero-order chi connectivity index (χ0) is 13.1. The molecule has 5 heteroatoms. The van der Waals surface area contributed by atoms with Crippen LogP contribution < -0.4 is 5.73 Å². The van der Waals surface area contributed by atoms with Gasteiger partial charge >= 0.3 is 0 Å². The van der Waals surface area contributed by atoms with Gasteiger partial charge in [-0.25, -0.2) is 4.98 Å². The van der Waals surface area contributed by atoms with E-state index < -0.39 is 0 Å². The summed E-state index contributed by atoms with van der Waals surface area (Å²) in [5.74, 6) is 1.21. The van der Waals surface area contributed by atoms with Crippen LogP contribution in [0.25, 0.3) is 11.1 Å². The largest absolute Gasteiger partial charge is 0.384 e. The Hall–Kier alpha value is -1.88. The zero-order valence-electron chi connectivity index (χ0n) is 10.8. The van der Waals surface area contributed by atoms with Crippen molar-refractivity contribution in [2.24, 2.45) is 5.92 Å². The SMILES string of the molecule is Nc1ccc(-c2cnn(CC3CCOCC3)c2)cn1. The summed E-state index contributed by atoms with van der Waals surface area (Å²) in [5, 5.41) is 4.43. The molecule has 0 radical (unpaired) electrons. The van der Waals surface area contributed by atoms with E-state index in [-0.39, 0.29) is 0 Å². The quantitative estimate of drug-likeness (QED) is 0.913. The molecule has 3 rings (SSSR count). The van der Waals surface area contributed by atoms with Gasteiger partial charge in [0.25, 0.3) is 0 Å². The van der Waals surface area contributed by atoms with Crippen molar-refractivity contribution in [2.75, 3.05) is 18.9 Å². The molecular formula is C14H18N4O. The van der Waals surface area contributed by atoms with Gasteiger partial charge in [-0.15, -0.1) is 0 Å². The van der Waals surface area contributed by atoms with E-state index in [1.807, 2.05) is 23.0 Å². The van der Waals surface area contributed by atoms with Crippen molar-refractivity contribution in [3.8, 4) is 11.1 Å². The molecule has 19 heavy (non-hydrogen) atoms. The fraction of sp³-hybridized carbons (Fsp3) is 0.429. The van der Waals surface area contributed by atoms with Gasteiger partial charge in [-0.3, -0.25) is 4.68 Å². The average Bonchev–Trinajstić information content (AvgIpc) is 2.89. The molecule has 1 aliphatic heterocycles. The van der Waals surface area contributed by atoms with Crippen molar-refractivity contribution < 1.29 is 4.74 Å². The minimum Gasteiger partial charge on any atom is -0.384 e. The van der Waals surface area contributed by atoms with E-state index in [1.165, 1.54) is 0 Å². The second-order valence-electron chi connectivity index (χ2n) is 4.98. The second kappa shape index (κ2) is 5.40. The molecule has 0 atom stereocenters. The van der Waals surface area contributed by atoms with Crippen LogP contribution in [0.4, 0.5) is 5.82 Å². The molecule has 0 bridgehead atoms. The van der Waals surface area contributed by atoms with Gasteiger partial charge in [0, 0.05) is 43.3 Å². The molecule has 100 valence electrons. The lowest BCUT2D eigenvalue weighted by atomic mass is 10.0. The number of anilines is 1. The molecule has 2 N–H and O–H groups in total. The number of hydrogen-bond acceptors (Lipinski definition) is 4. The van der Waals surface area contributed by atoms with Crippen LogP contribution in [0.5, 0.6) is 0 Å². The summed E-state index contributed by atoms with van der Waals surface area (Å²) in [6, 6.07) is 3.78. The van der Waals surface area contributed by atoms with Gasteiger partial charge < -0.3 is 10.5 Å². The number of pyridine rings is 1. The van der Waals surface area contributed by atoms with E-state index in [9.17, 15) is 0 Å². The van der Waals surface area contributed by atoms with Crippen molar-refractivity contribution in [3.05, 3.63) is 30.7 Å². The van der Waals surface area contributed by atoms with Gasteiger partial charge in [0.15, 0.2) is 0 Å². The molecule has 0 aliphatic carbocycles. The molecule has 3 heterocycles. The molecule has 0 spiro atoms. The van der Waals surface area contributed by atoms with Crippen LogP contribution in [0.1, 0.15) is 12.8 Å². The van der Waals surface area contributed by atoms with Crippen LogP contribution in [0, 0.1) is 5.92 Å². The molecule has 0 aromatic carbocycles. The van der Waals surface area contributed by atoms with Crippen molar-refractivity contribution in [1.29, 1.82) is 0 Å². The maximum atomic E-state index is 5.59. The van der Waals surface area contributed by atoms with Crippen LogP contribution in [-0.4, -0.2) is 28.0 Å². The van der Waals surface area contributed by atoms with Gasteiger partial charge in [-0.1, -0.05) is 0 Å². The summed E-state index contributed by atoms with van der Waals surface area (Å²) in [6.45, 7) is 2.72. The lowest BCUT2D eigenvalue weighted by Gasteiger charge is -2.21. The Morgan fingerprint density at radius 2 is 2.05 bits per heavy atom. The molecule has 0 amide bonds. The summed E-state index contributed by atoms with van der Waals surface area (Å²) >= 11 is 0. The Morgan fingerprint density at radius 1 is 1.21 bits per heavy atom. The molecule has 1 fully saturated rings. The second-order valence-corrected chi connectivity index (χ2v) is 4.98. The summed E-state index contributed by atoms with van der Waals surface area (Å²) in [6.07, 6.45) is 7.98. The number of nitrogens with two attached hydrogens (primary N) is 1. The van der Waals surface area contributed by atoms with Crippen molar-refractivity contribution in [1.82, 2.24) is 14.8 Å². The first kappa shape index (κ1) is 12.2. The highest BCUT2D eigenvalue weighted by atomic mass is 16.5. The van der Waals surface area contributed by atoms with E-state index in [0.717, 1.165) is 43.7 Å². The van der Waals surface area contributed by atoms with Crippen LogP contribution in [0.15, 0.2) is 30.7 Å². The minimum absolute atomic E-state index is 0.540. The maximum absolute atomic E-state index is 5.59. The van der Waals surface area contributed by atoms with Crippen LogP contribution in [-0.2, 0) is 11.3 Å². The van der Waals surface area contributed by atoms with Gasteiger partial charge in [0.2, 0.25) is 0 Å². The first-order valence-corrected chi connectivity index (χ1v) is 6.63. The Labute approximate surface area is 112 Å². The number of hydrogen-bond donors (Lipinski definition) is 1. The van der Waals surface area contributed by atoms with Crippen LogP contribution in [0.2, 0.25) is 0 Å². The van der Waals surface area contributed by atoms with Gasteiger partial charge in [0.05, 0.1) is 6.20 Å². The Bertz CT molecular complexity index is 529. The highest BCUT2D eigenvalue weighted by Crippen LogP contribution is 2.20. The van der Waals surface area contributed by atoms with Gasteiger partial charge in [-0.05, 0) is 30.9 Å². The molecule has 1 saturated heterocycles. The topological polar surface area (TPSA) is 66.0 Å². The maximum Gasteiger partial charge on any atom is 0.123 e. The summed E-state index contributed by atoms with van der Waals surface area (Å²) in [4.78, 5) is 4.10. The molecule has 2 aromatic heterocycles. The normalized spacial score (nSPS) is 16.6. The van der Waals surface area contributed by atoms with E-state index >= 15 is 0 Å². The summed E-state index contributed by atoms with van der Waals surface area (Å²) in [5.41, 5.74) is 7.72. The molecule has 1 aliphatic rings. The zero-order valence-corrected chi connectivity index (χ0v) is 10.8. The highest BCUT2D eigenvalue weighted by Gasteiger charge is 2.14. The molecule has 0 saturated carbocycles. The minimum atomic E-state index is 0.540. The molecular weight excluding hydrogens is 240 g/mol. The molecule has 0 unspecified atom stereocenters. The lowest BCUT2D eigenvalue weighted by Crippen LogP contribution is -2.20. The summed E-state index contributed by atoms with van der Waals surface area (Å²) < 4.78 is 7.39. The molecule has 2 aromatic rings. The van der Waals surface area contributed by atoms with Crippen molar-refractivity contribution in [2.45, 2.75) is 19.4 Å². The van der Waals surface area contributed by atoms with Crippen molar-refractivity contribution in [3.63, 3.8) is 0 Å². The first-order valence-electron chi connectivity index (χ1n) is 6.63. The predicted molar refractivity (Wildman–Crippen MR) is 73.4 cm³/mol. The van der Waals surface area contributed by atoms with Gasteiger partial charge in [-0.2, -0.15) is 5.10 Å². The third-order valence-corrected chi connectivity index (χ3v) is 3.54. The Balaban J connectivity index is 1.70. The average molecular weight is 258 g/mol. The third kappa shape index (κ3) is 2.93. The van der Waals surface area contributed by atoms with E-state index in [4.69, 9.17) is 10.5 Å². The number of ether oxygens (including phenoxy) is 1. The number of nitrogen functional groups attached to an aromatic ring is 1. The lowest BCUT2D eigenvalue weighted by molar-refractivity contribution is 0.0601. The number of aromatic nitrogens is 3. The van der Waals surface area contributed by atoms with E-state index in [0.29, 0.717) is 11.7 Å². The van der Waals surface area contributed by atoms with Gasteiger partial charge in [0.1, 0.15) is 5.82 Å². The van der Waals surface area contributed by atoms with Crippen LogP contribution in [0.3, 0.4) is 0 Å². The molecule has 5 nitrogen and oxygen atoms in total. The first-order chi connectivity index (χ1) is 9.31. The summed E-state index contributed by atoms with van der Waals surface area (Å²) in [7, 11) is 0. The van der Waals surface area contributed by atoms with Crippen LogP contribution >= 0.6 is 0 Å². The van der Waals surface area contributed by atoms with E-state index in [2.05, 4.69) is 16.3 Å². The third-order valence-electron chi connectivity index (χ3n) is 3.54. The highest BCUT2D eigenvalue weighted by molar-refractivity contribution is 5.61. The smallest absolute Gasteiger partial charge is 0.123 e. The number of nitrogens with zero attached hydrogens (tertiary/aromatic N) is 3.